The molecule has 0 aliphatic heterocycles. The summed E-state index contributed by atoms with van der Waals surface area (Å²) in [6.07, 6.45) is 1.14. The molecule has 2 aromatic rings. The second kappa shape index (κ2) is 4.85. The third-order valence-electron chi connectivity index (χ3n) is 3.82. The van der Waals surface area contributed by atoms with Gasteiger partial charge in [-0.25, -0.2) is 0 Å². The van der Waals surface area contributed by atoms with Gasteiger partial charge in [0.1, 0.15) is 0 Å². The molecule has 0 saturated heterocycles. The van der Waals surface area contributed by atoms with Crippen molar-refractivity contribution in [2.75, 3.05) is 5.73 Å². The summed E-state index contributed by atoms with van der Waals surface area (Å²) in [6, 6.07) is 16.8. The van der Waals surface area contributed by atoms with E-state index < -0.39 is 0 Å². The molecule has 0 aromatic heterocycles. The van der Waals surface area contributed by atoms with Gasteiger partial charge in [0.25, 0.3) is 0 Å². The summed E-state index contributed by atoms with van der Waals surface area (Å²) in [5, 5.41) is 0. The first-order valence-corrected chi connectivity index (χ1v) is 6.50. The maximum Gasteiger partial charge on any atom is 0.0393 e. The predicted octanol–water partition coefficient (Wildman–Crippen LogP) is 4.62. The fourth-order valence-corrected chi connectivity index (χ4v) is 2.06. The van der Waals surface area contributed by atoms with Crippen molar-refractivity contribution in [2.45, 2.75) is 32.6 Å². The molecule has 2 N–H and O–H groups in total. The molecule has 0 atom stereocenters. The number of nitrogens with two attached hydrogens (primary N) is 1. The first-order valence-electron chi connectivity index (χ1n) is 6.50. The van der Waals surface area contributed by atoms with Crippen LogP contribution in [0.3, 0.4) is 0 Å². The Morgan fingerprint density at radius 1 is 0.944 bits per heavy atom. The fourth-order valence-electron chi connectivity index (χ4n) is 2.06. The lowest BCUT2D eigenvalue weighted by Gasteiger charge is -2.23. The van der Waals surface area contributed by atoms with Gasteiger partial charge in [-0.1, -0.05) is 63.2 Å². The second-order valence-corrected chi connectivity index (χ2v) is 5.40. The second-order valence-electron chi connectivity index (χ2n) is 5.40. The van der Waals surface area contributed by atoms with Crippen molar-refractivity contribution in [2.24, 2.45) is 0 Å². The Balaban J connectivity index is 2.37. The predicted molar refractivity (Wildman–Crippen MR) is 79.6 cm³/mol. The van der Waals surface area contributed by atoms with Crippen molar-refractivity contribution in [1.29, 1.82) is 0 Å². The smallest absolute Gasteiger partial charge is 0.0393 e. The number of benzene rings is 2. The van der Waals surface area contributed by atoms with Crippen LogP contribution < -0.4 is 5.73 Å². The molecule has 0 fully saturated rings. The van der Waals surface area contributed by atoms with E-state index in [1.54, 1.807) is 0 Å². The number of nitrogen functional groups attached to an aromatic ring is 1. The molecule has 0 unspecified atom stereocenters. The van der Waals surface area contributed by atoms with Crippen LogP contribution in [0.4, 0.5) is 5.69 Å². The van der Waals surface area contributed by atoms with Crippen LogP contribution in [0.25, 0.3) is 11.1 Å². The summed E-state index contributed by atoms with van der Waals surface area (Å²) in [7, 11) is 0. The van der Waals surface area contributed by atoms with E-state index in [2.05, 4.69) is 51.1 Å². The van der Waals surface area contributed by atoms with E-state index in [4.69, 9.17) is 5.73 Å². The van der Waals surface area contributed by atoms with Crippen LogP contribution in [0, 0.1) is 0 Å². The minimum atomic E-state index is 0.237. The van der Waals surface area contributed by atoms with Crippen molar-refractivity contribution in [3.63, 3.8) is 0 Å². The van der Waals surface area contributed by atoms with E-state index in [1.165, 1.54) is 11.1 Å². The Morgan fingerprint density at radius 3 is 2.11 bits per heavy atom. The minimum absolute atomic E-state index is 0.237. The summed E-state index contributed by atoms with van der Waals surface area (Å²) < 4.78 is 0. The van der Waals surface area contributed by atoms with Crippen LogP contribution in [0.2, 0.25) is 0 Å². The van der Waals surface area contributed by atoms with Gasteiger partial charge in [-0.3, -0.25) is 0 Å². The lowest BCUT2D eigenvalue weighted by atomic mass is 9.82. The Labute approximate surface area is 110 Å². The minimum Gasteiger partial charge on any atom is -0.398 e. The molecule has 0 radical (unpaired) electrons. The zero-order valence-electron chi connectivity index (χ0n) is 11.4. The van der Waals surface area contributed by atoms with Crippen molar-refractivity contribution in [3.8, 4) is 11.1 Å². The van der Waals surface area contributed by atoms with Crippen LogP contribution in [-0.4, -0.2) is 0 Å². The van der Waals surface area contributed by atoms with Gasteiger partial charge in [-0.05, 0) is 29.0 Å². The normalized spacial score (nSPS) is 11.5. The number of hydrogen-bond acceptors (Lipinski definition) is 1. The van der Waals surface area contributed by atoms with Gasteiger partial charge >= 0.3 is 0 Å². The highest BCUT2D eigenvalue weighted by molar-refractivity contribution is 5.76. The molecule has 94 valence electrons. The Morgan fingerprint density at radius 2 is 1.56 bits per heavy atom. The number of rotatable bonds is 3. The Kier molecular flexibility index (Phi) is 3.42. The summed E-state index contributed by atoms with van der Waals surface area (Å²) in [6.45, 7) is 6.78. The van der Waals surface area contributed by atoms with Gasteiger partial charge < -0.3 is 5.73 Å². The largest absolute Gasteiger partial charge is 0.398 e. The van der Waals surface area contributed by atoms with Crippen LogP contribution in [0.5, 0.6) is 0 Å². The van der Waals surface area contributed by atoms with Gasteiger partial charge in [-0.15, -0.1) is 0 Å². The number of hydrogen-bond donors (Lipinski definition) is 1. The van der Waals surface area contributed by atoms with Gasteiger partial charge in [0.05, 0.1) is 0 Å². The van der Waals surface area contributed by atoms with Crippen molar-refractivity contribution in [3.05, 3.63) is 54.1 Å². The zero-order valence-corrected chi connectivity index (χ0v) is 11.4. The van der Waals surface area contributed by atoms with Gasteiger partial charge in [0, 0.05) is 11.3 Å². The van der Waals surface area contributed by atoms with Gasteiger partial charge in [0.2, 0.25) is 0 Å². The molecule has 0 heterocycles. The fraction of sp³-hybridized carbons (Fsp3) is 0.294. The average molecular weight is 239 g/mol. The van der Waals surface area contributed by atoms with E-state index in [1.807, 2.05) is 18.2 Å². The third kappa shape index (κ3) is 2.40. The number of anilines is 1. The molecule has 0 spiro atoms. The molecule has 0 aliphatic carbocycles. The molecule has 18 heavy (non-hydrogen) atoms. The van der Waals surface area contributed by atoms with Crippen molar-refractivity contribution >= 4 is 5.69 Å². The van der Waals surface area contributed by atoms with E-state index in [0.717, 1.165) is 17.7 Å². The summed E-state index contributed by atoms with van der Waals surface area (Å²) >= 11 is 0. The van der Waals surface area contributed by atoms with E-state index in [9.17, 15) is 0 Å². The lowest BCUT2D eigenvalue weighted by Crippen LogP contribution is -2.14. The molecule has 0 bridgehead atoms. The highest BCUT2D eigenvalue weighted by atomic mass is 14.6. The maximum absolute atomic E-state index is 6.00. The Hall–Kier alpha value is -1.76. The number of para-hydroxylation sites is 1. The molecule has 1 heteroatoms. The molecular formula is C17H21N. The standard InChI is InChI=1S/C17H21N/c1-4-17(2,3)14-11-9-13(10-12-14)15-7-5-6-8-16(15)18/h5-12H,4,18H2,1-3H3. The van der Waals surface area contributed by atoms with E-state index in [-0.39, 0.29) is 5.41 Å². The lowest BCUT2D eigenvalue weighted by molar-refractivity contribution is 0.506. The molecule has 2 rings (SSSR count). The summed E-state index contributed by atoms with van der Waals surface area (Å²) in [5.74, 6) is 0. The summed E-state index contributed by atoms with van der Waals surface area (Å²) in [5.41, 5.74) is 10.7. The highest BCUT2D eigenvalue weighted by Crippen LogP contribution is 2.30. The first-order chi connectivity index (χ1) is 8.54. The third-order valence-corrected chi connectivity index (χ3v) is 3.82. The monoisotopic (exact) mass is 239 g/mol. The zero-order chi connectivity index (χ0) is 13.2. The SMILES string of the molecule is CCC(C)(C)c1ccc(-c2ccccc2N)cc1. The van der Waals surface area contributed by atoms with Gasteiger partial charge in [-0.2, -0.15) is 0 Å². The van der Waals surface area contributed by atoms with Crippen LogP contribution in [0.15, 0.2) is 48.5 Å². The van der Waals surface area contributed by atoms with Crippen LogP contribution >= 0.6 is 0 Å². The average Bonchev–Trinajstić information content (AvgIpc) is 2.39. The van der Waals surface area contributed by atoms with Crippen LogP contribution in [0.1, 0.15) is 32.8 Å². The van der Waals surface area contributed by atoms with Crippen molar-refractivity contribution < 1.29 is 0 Å². The molecular weight excluding hydrogens is 218 g/mol. The van der Waals surface area contributed by atoms with E-state index in [0.29, 0.717) is 0 Å². The molecule has 2 aromatic carbocycles. The Bertz CT molecular complexity index is 524. The molecule has 1 nitrogen and oxygen atoms in total. The van der Waals surface area contributed by atoms with Gasteiger partial charge in [0.15, 0.2) is 0 Å². The molecule has 0 saturated carbocycles. The molecule has 0 aliphatic rings. The molecule has 0 amide bonds. The van der Waals surface area contributed by atoms with Crippen molar-refractivity contribution in [1.82, 2.24) is 0 Å². The maximum atomic E-state index is 6.00. The highest BCUT2D eigenvalue weighted by Gasteiger charge is 2.17. The van der Waals surface area contributed by atoms with E-state index >= 15 is 0 Å². The first kappa shape index (κ1) is 12.7. The van der Waals surface area contributed by atoms with Crippen LogP contribution in [-0.2, 0) is 5.41 Å². The quantitative estimate of drug-likeness (QED) is 0.777. The topological polar surface area (TPSA) is 26.0 Å². The summed E-state index contributed by atoms with van der Waals surface area (Å²) in [4.78, 5) is 0.